The number of nitrogens with one attached hydrogen (secondary N) is 1. The molecule has 2 aromatic heterocycles. The Morgan fingerprint density at radius 3 is 2.81 bits per heavy atom. The van der Waals surface area contributed by atoms with E-state index in [4.69, 9.17) is 0 Å². The summed E-state index contributed by atoms with van der Waals surface area (Å²) in [5, 5.41) is 10.8. The molecule has 0 saturated carbocycles. The van der Waals surface area contributed by atoms with E-state index in [2.05, 4.69) is 26.3 Å². The first-order valence-corrected chi connectivity index (χ1v) is 9.33. The van der Waals surface area contributed by atoms with E-state index in [9.17, 15) is 9.59 Å². The van der Waals surface area contributed by atoms with Crippen LogP contribution >= 0.6 is 15.9 Å². The fraction of sp³-hybridized carbons (Fsp3) is 0.211. The van der Waals surface area contributed by atoms with Crippen LogP contribution < -0.4 is 10.3 Å². The molecule has 0 radical (unpaired) electrons. The highest BCUT2D eigenvalue weighted by atomic mass is 79.9. The molecule has 27 heavy (non-hydrogen) atoms. The minimum Gasteiger partial charge on any atom is -0.326 e. The Kier molecular flexibility index (Phi) is 4.35. The number of halogens is 1. The second-order valence-electron chi connectivity index (χ2n) is 6.43. The zero-order chi connectivity index (χ0) is 19.1. The maximum Gasteiger partial charge on any atom is 0.292 e. The first-order chi connectivity index (χ1) is 12.9. The second kappa shape index (κ2) is 6.70. The van der Waals surface area contributed by atoms with Crippen LogP contribution in [0.15, 0.2) is 47.1 Å². The molecule has 0 fully saturated rings. The number of hydrazine groups is 1. The summed E-state index contributed by atoms with van der Waals surface area (Å²) in [4.78, 5) is 24.5. The number of rotatable bonds is 2. The van der Waals surface area contributed by atoms with Crippen molar-refractivity contribution in [1.82, 2.24) is 14.6 Å². The summed E-state index contributed by atoms with van der Waals surface area (Å²) in [6.45, 7) is 2.00. The summed E-state index contributed by atoms with van der Waals surface area (Å²) < 4.78 is 2.58. The molecule has 0 bridgehead atoms. The number of anilines is 2. The van der Waals surface area contributed by atoms with E-state index >= 15 is 0 Å². The summed E-state index contributed by atoms with van der Waals surface area (Å²) in [7, 11) is 1.85. The zero-order valence-electron chi connectivity index (χ0n) is 14.9. The summed E-state index contributed by atoms with van der Waals surface area (Å²) in [6.07, 6.45) is 2.47. The van der Waals surface area contributed by atoms with Crippen molar-refractivity contribution in [3.05, 3.63) is 58.3 Å². The van der Waals surface area contributed by atoms with Gasteiger partial charge in [0.1, 0.15) is 0 Å². The fourth-order valence-corrected chi connectivity index (χ4v) is 3.71. The molecule has 4 rings (SSSR count). The van der Waals surface area contributed by atoms with Crippen molar-refractivity contribution in [3.8, 4) is 0 Å². The maximum atomic E-state index is 13.1. The fourth-order valence-electron chi connectivity index (χ4n) is 3.38. The quantitative estimate of drug-likeness (QED) is 0.681. The minimum atomic E-state index is -0.159. The van der Waals surface area contributed by atoms with Crippen LogP contribution in [-0.4, -0.2) is 40.0 Å². The van der Waals surface area contributed by atoms with Gasteiger partial charge in [0.2, 0.25) is 5.91 Å². The van der Waals surface area contributed by atoms with Gasteiger partial charge in [0.25, 0.3) is 5.91 Å². The topological polar surface area (TPSA) is 70.0 Å². The first-order valence-electron chi connectivity index (χ1n) is 8.54. The smallest absolute Gasteiger partial charge is 0.292 e. The maximum absolute atomic E-state index is 13.1. The molecule has 138 valence electrons. The molecule has 1 aliphatic rings. The molecule has 1 N–H and O–H groups in total. The van der Waals surface area contributed by atoms with Crippen molar-refractivity contribution in [3.63, 3.8) is 0 Å². The molecular formula is C19H18BrN5O2. The van der Waals surface area contributed by atoms with Gasteiger partial charge in [-0.3, -0.25) is 14.6 Å². The largest absolute Gasteiger partial charge is 0.326 e. The molecule has 1 aliphatic heterocycles. The molecule has 3 aromatic rings. The van der Waals surface area contributed by atoms with Crippen molar-refractivity contribution < 1.29 is 9.59 Å². The summed E-state index contributed by atoms with van der Waals surface area (Å²) in [5.74, 6) is -0.270. The monoisotopic (exact) mass is 427 g/mol. The van der Waals surface area contributed by atoms with Crippen molar-refractivity contribution in [2.24, 2.45) is 0 Å². The highest BCUT2D eigenvalue weighted by Gasteiger charge is 2.29. The van der Waals surface area contributed by atoms with Gasteiger partial charge >= 0.3 is 0 Å². The van der Waals surface area contributed by atoms with Crippen molar-refractivity contribution in [2.75, 3.05) is 23.9 Å². The minimum absolute atomic E-state index is 0.111. The summed E-state index contributed by atoms with van der Waals surface area (Å²) in [5.41, 5.74) is 3.96. The van der Waals surface area contributed by atoms with Gasteiger partial charge in [-0.25, -0.2) is 9.52 Å². The van der Waals surface area contributed by atoms with E-state index in [1.807, 2.05) is 48.6 Å². The molecule has 7 nitrogen and oxygen atoms in total. The van der Waals surface area contributed by atoms with E-state index in [0.29, 0.717) is 18.7 Å². The molecule has 8 heteroatoms. The molecule has 0 saturated heterocycles. The third-order valence-electron chi connectivity index (χ3n) is 4.62. The Labute approximate surface area is 164 Å². The zero-order valence-corrected chi connectivity index (χ0v) is 16.5. The Morgan fingerprint density at radius 2 is 2.04 bits per heavy atom. The van der Waals surface area contributed by atoms with Crippen LogP contribution in [0.4, 0.5) is 11.4 Å². The molecule has 0 spiro atoms. The van der Waals surface area contributed by atoms with Crippen molar-refractivity contribution in [1.29, 1.82) is 0 Å². The van der Waals surface area contributed by atoms with Crippen LogP contribution in [0.25, 0.3) is 5.52 Å². The molecular weight excluding hydrogens is 410 g/mol. The second-order valence-corrected chi connectivity index (χ2v) is 7.35. The third kappa shape index (κ3) is 3.16. The van der Waals surface area contributed by atoms with Gasteiger partial charge in [-0.05, 0) is 52.7 Å². The van der Waals surface area contributed by atoms with Crippen LogP contribution in [-0.2, 0) is 11.2 Å². The molecule has 0 aliphatic carbocycles. The third-order valence-corrected chi connectivity index (χ3v) is 5.09. The van der Waals surface area contributed by atoms with E-state index in [1.54, 1.807) is 15.6 Å². The first kappa shape index (κ1) is 17.5. The van der Waals surface area contributed by atoms with Gasteiger partial charge in [0, 0.05) is 42.4 Å². The Bertz CT molecular complexity index is 1060. The number of carbonyl (C=O) groups excluding carboxylic acids is 2. The van der Waals surface area contributed by atoms with Gasteiger partial charge in [-0.15, -0.1) is 0 Å². The summed E-state index contributed by atoms with van der Waals surface area (Å²) >= 11 is 3.41. The number of pyridine rings is 1. The molecule has 1 aromatic carbocycles. The van der Waals surface area contributed by atoms with Crippen LogP contribution in [0.5, 0.6) is 0 Å². The lowest BCUT2D eigenvalue weighted by molar-refractivity contribution is -0.114. The van der Waals surface area contributed by atoms with E-state index in [0.717, 1.165) is 26.9 Å². The lowest BCUT2D eigenvalue weighted by atomic mass is 10.0. The lowest BCUT2D eigenvalue weighted by Crippen LogP contribution is -2.48. The highest BCUT2D eigenvalue weighted by Crippen LogP contribution is 2.32. The van der Waals surface area contributed by atoms with Gasteiger partial charge < -0.3 is 5.32 Å². The SMILES string of the molecule is CC(=O)Nc1cccc2c1CCN(C(=O)c1cc3ccc(Br)cn3n1)N2C. The Balaban J connectivity index is 1.65. The highest BCUT2D eigenvalue weighted by molar-refractivity contribution is 9.10. The number of aromatic nitrogens is 2. The summed E-state index contributed by atoms with van der Waals surface area (Å²) in [6, 6.07) is 11.3. The van der Waals surface area contributed by atoms with Crippen molar-refractivity contribution in [2.45, 2.75) is 13.3 Å². The number of amides is 2. The van der Waals surface area contributed by atoms with Gasteiger partial charge in [0.05, 0.1) is 11.2 Å². The lowest BCUT2D eigenvalue weighted by Gasteiger charge is -2.39. The number of carbonyl (C=O) groups is 2. The number of nitrogens with zero attached hydrogens (tertiary/aromatic N) is 4. The van der Waals surface area contributed by atoms with Gasteiger partial charge in [0.15, 0.2) is 5.69 Å². The van der Waals surface area contributed by atoms with E-state index < -0.39 is 0 Å². The number of benzene rings is 1. The molecule has 0 atom stereocenters. The van der Waals surface area contributed by atoms with Crippen molar-refractivity contribution >= 4 is 44.6 Å². The predicted octanol–water partition coefficient (Wildman–Crippen LogP) is 3.10. The number of hydrogen-bond donors (Lipinski definition) is 1. The Hall–Kier alpha value is -2.87. The average molecular weight is 428 g/mol. The Morgan fingerprint density at radius 1 is 1.22 bits per heavy atom. The van der Waals surface area contributed by atoms with Crippen LogP contribution in [0.2, 0.25) is 0 Å². The van der Waals surface area contributed by atoms with Crippen LogP contribution in [0, 0.1) is 0 Å². The van der Waals surface area contributed by atoms with E-state index in [-0.39, 0.29) is 11.8 Å². The van der Waals surface area contributed by atoms with Crippen LogP contribution in [0.1, 0.15) is 23.0 Å². The van der Waals surface area contributed by atoms with Gasteiger partial charge in [-0.1, -0.05) is 6.07 Å². The molecule has 3 heterocycles. The standard InChI is InChI=1S/C19H18BrN5O2/c1-12(26)21-16-4-3-5-18-15(16)8-9-25(23(18)2)19(27)17-10-14-7-6-13(20)11-24(14)22-17/h3-7,10-11H,8-9H2,1-2H3,(H,21,26). The number of fused-ring (bicyclic) bond motifs is 2. The normalized spacial score (nSPS) is 13.6. The average Bonchev–Trinajstić information content (AvgIpc) is 3.05. The van der Waals surface area contributed by atoms with Gasteiger partial charge in [-0.2, -0.15) is 5.10 Å². The molecule has 2 amide bonds. The van der Waals surface area contributed by atoms with E-state index in [1.165, 1.54) is 6.92 Å². The molecule has 0 unspecified atom stereocenters. The predicted molar refractivity (Wildman–Crippen MR) is 107 cm³/mol. The number of hydrogen-bond acceptors (Lipinski definition) is 4. The van der Waals surface area contributed by atoms with Crippen LogP contribution in [0.3, 0.4) is 0 Å².